The zero-order valence-corrected chi connectivity index (χ0v) is 25.4. The molecule has 7 nitrogen and oxygen atoms in total. The summed E-state index contributed by atoms with van der Waals surface area (Å²) in [5.41, 5.74) is 8.75. The molecule has 2 saturated heterocycles. The second-order valence-electron chi connectivity index (χ2n) is 13.2. The number of nitrogens with zero attached hydrogens (tertiary/aromatic N) is 5. The second kappa shape index (κ2) is 11.0. The van der Waals surface area contributed by atoms with Crippen LogP contribution < -0.4 is 0 Å². The number of hydrogen-bond donors (Lipinski definition) is 0. The first-order chi connectivity index (χ1) is 21.5. The van der Waals surface area contributed by atoms with Gasteiger partial charge in [-0.3, -0.25) is 9.59 Å². The van der Waals surface area contributed by atoms with Crippen molar-refractivity contribution in [1.82, 2.24) is 24.3 Å². The van der Waals surface area contributed by atoms with E-state index in [-0.39, 0.29) is 11.8 Å². The number of piperazine rings is 1. The number of allylic oxidation sites excluding steroid dienone is 1. The van der Waals surface area contributed by atoms with Gasteiger partial charge in [0.2, 0.25) is 5.91 Å². The summed E-state index contributed by atoms with van der Waals surface area (Å²) in [6.07, 6.45) is 8.51. The molecule has 3 fully saturated rings. The van der Waals surface area contributed by atoms with Gasteiger partial charge in [0.1, 0.15) is 5.82 Å². The lowest BCUT2D eigenvalue weighted by Gasteiger charge is -2.32. The fourth-order valence-electron chi connectivity index (χ4n) is 7.12. The molecule has 0 spiro atoms. The first-order valence-corrected chi connectivity index (χ1v) is 16.2. The Morgan fingerprint density at radius 3 is 2.39 bits per heavy atom. The number of likely N-dealkylation sites (tertiary alicyclic amines) is 1. The second-order valence-corrected chi connectivity index (χ2v) is 13.2. The van der Waals surface area contributed by atoms with Gasteiger partial charge in [-0.1, -0.05) is 48.6 Å². The Balaban J connectivity index is 1.13. The summed E-state index contributed by atoms with van der Waals surface area (Å²) in [4.78, 5) is 37.8. The Kier molecular flexibility index (Phi) is 6.86. The van der Waals surface area contributed by atoms with Crippen molar-refractivity contribution in [3.8, 4) is 22.5 Å². The van der Waals surface area contributed by atoms with Crippen LogP contribution in [0.4, 0.5) is 0 Å². The number of amides is 2. The van der Waals surface area contributed by atoms with E-state index in [1.54, 1.807) is 0 Å². The number of hydrogen-bond acceptors (Lipinski definition) is 4. The van der Waals surface area contributed by atoms with Gasteiger partial charge in [0, 0.05) is 62.9 Å². The summed E-state index contributed by atoms with van der Waals surface area (Å²) in [5.74, 6) is 1.94. The molecule has 0 unspecified atom stereocenters. The molecular weight excluding hydrogens is 546 g/mol. The molecule has 2 amide bonds. The Bertz CT molecular complexity index is 1780. The van der Waals surface area contributed by atoms with E-state index in [4.69, 9.17) is 4.98 Å². The molecule has 3 aromatic carbocycles. The minimum atomic E-state index is 0.0879. The molecule has 2 aliphatic carbocycles. The number of likely N-dealkylation sites (N-methyl/N-ethyl adjacent to an activating group) is 1. The smallest absolute Gasteiger partial charge is 0.254 e. The van der Waals surface area contributed by atoms with E-state index in [0.717, 1.165) is 93.9 Å². The monoisotopic (exact) mass is 585 g/mol. The van der Waals surface area contributed by atoms with E-state index in [2.05, 4.69) is 76.0 Å². The SMILES string of the molecule is CN1CCN(C(=O)c2ccc3nc(-c4ccc(-c5ccc6c(c5)C=CC6)cc4)n(C[C@@H]4CCN(C(=O)C5CC5)C4)c3c2)CC1. The highest BCUT2D eigenvalue weighted by Gasteiger charge is 2.37. The van der Waals surface area contributed by atoms with Gasteiger partial charge >= 0.3 is 0 Å². The van der Waals surface area contributed by atoms with Gasteiger partial charge in [0.25, 0.3) is 5.91 Å². The highest BCUT2D eigenvalue weighted by Crippen LogP contribution is 2.35. The fourth-order valence-corrected chi connectivity index (χ4v) is 7.12. The van der Waals surface area contributed by atoms with Gasteiger partial charge in [0.15, 0.2) is 0 Å². The molecule has 3 heterocycles. The summed E-state index contributed by atoms with van der Waals surface area (Å²) in [7, 11) is 2.10. The summed E-state index contributed by atoms with van der Waals surface area (Å²) in [6, 6.07) is 21.4. The van der Waals surface area contributed by atoms with E-state index in [1.807, 2.05) is 23.1 Å². The van der Waals surface area contributed by atoms with E-state index in [9.17, 15) is 9.59 Å². The number of carbonyl (C=O) groups is 2. The molecule has 44 heavy (non-hydrogen) atoms. The average molecular weight is 586 g/mol. The predicted molar refractivity (Wildman–Crippen MR) is 174 cm³/mol. The van der Waals surface area contributed by atoms with Crippen LogP contribution in [-0.4, -0.2) is 82.4 Å². The summed E-state index contributed by atoms with van der Waals surface area (Å²) >= 11 is 0. The number of benzene rings is 3. The van der Waals surface area contributed by atoms with E-state index in [0.29, 0.717) is 17.4 Å². The first kappa shape index (κ1) is 27.3. The van der Waals surface area contributed by atoms with Crippen molar-refractivity contribution in [3.05, 3.63) is 83.4 Å². The number of imidazole rings is 1. The van der Waals surface area contributed by atoms with Crippen molar-refractivity contribution in [1.29, 1.82) is 0 Å². The molecule has 0 N–H and O–H groups in total. The van der Waals surface area contributed by atoms with Gasteiger partial charge in [0.05, 0.1) is 11.0 Å². The Labute approximate surface area is 258 Å². The first-order valence-electron chi connectivity index (χ1n) is 16.2. The molecule has 1 atom stereocenters. The van der Waals surface area contributed by atoms with Crippen LogP contribution in [0.5, 0.6) is 0 Å². The maximum atomic E-state index is 13.5. The molecule has 4 aliphatic rings. The van der Waals surface area contributed by atoms with Crippen molar-refractivity contribution in [3.63, 3.8) is 0 Å². The molecule has 0 bridgehead atoms. The van der Waals surface area contributed by atoms with Crippen molar-refractivity contribution >= 4 is 28.9 Å². The molecule has 7 heteroatoms. The largest absolute Gasteiger partial charge is 0.342 e. The van der Waals surface area contributed by atoms with Gasteiger partial charge in [-0.2, -0.15) is 0 Å². The third-order valence-corrected chi connectivity index (χ3v) is 10.0. The highest BCUT2D eigenvalue weighted by atomic mass is 16.2. The standard InChI is InChI=1S/C37H39N5O2/c1-39-17-19-40(20-18-39)37(44)32-13-14-33-34(22-32)42(24-25-15-16-41(23-25)36(43)29-10-11-29)35(38-33)28-8-5-27(6-9-28)31-12-7-26-3-2-4-30(26)21-31/h2,4-9,12-14,21-22,25,29H,3,10-11,15-20,23-24H2,1H3/t25-/m1/s1. The third-order valence-electron chi connectivity index (χ3n) is 10.0. The van der Waals surface area contributed by atoms with Crippen LogP contribution in [0, 0.1) is 11.8 Å². The molecular formula is C37H39N5O2. The summed E-state index contributed by atoms with van der Waals surface area (Å²) in [5, 5.41) is 0. The van der Waals surface area contributed by atoms with Crippen LogP contribution in [0.2, 0.25) is 0 Å². The zero-order valence-electron chi connectivity index (χ0n) is 25.4. The lowest BCUT2D eigenvalue weighted by atomic mass is 9.99. The number of fused-ring (bicyclic) bond motifs is 2. The topological polar surface area (TPSA) is 61.7 Å². The number of carbonyl (C=O) groups excluding carboxylic acids is 2. The Morgan fingerprint density at radius 2 is 1.59 bits per heavy atom. The Morgan fingerprint density at radius 1 is 0.818 bits per heavy atom. The zero-order chi connectivity index (χ0) is 29.8. The average Bonchev–Trinajstić information content (AvgIpc) is 3.45. The maximum Gasteiger partial charge on any atom is 0.254 e. The van der Waals surface area contributed by atoms with Gasteiger partial charge in [-0.15, -0.1) is 0 Å². The van der Waals surface area contributed by atoms with Gasteiger partial charge in [-0.05, 0) is 85.2 Å². The van der Waals surface area contributed by atoms with E-state index in [1.165, 1.54) is 22.3 Å². The third kappa shape index (κ3) is 5.13. The minimum Gasteiger partial charge on any atom is -0.342 e. The summed E-state index contributed by atoms with van der Waals surface area (Å²) in [6.45, 7) is 5.68. The van der Waals surface area contributed by atoms with Crippen molar-refractivity contribution in [2.75, 3.05) is 46.3 Å². The molecule has 0 radical (unpaired) electrons. The van der Waals surface area contributed by atoms with Crippen molar-refractivity contribution in [2.45, 2.75) is 32.2 Å². The quantitative estimate of drug-likeness (QED) is 0.296. The number of rotatable bonds is 6. The lowest BCUT2D eigenvalue weighted by molar-refractivity contribution is -0.131. The van der Waals surface area contributed by atoms with Crippen LogP contribution >= 0.6 is 0 Å². The number of aromatic nitrogens is 2. The minimum absolute atomic E-state index is 0.0879. The van der Waals surface area contributed by atoms with Crippen LogP contribution in [0.3, 0.4) is 0 Å². The van der Waals surface area contributed by atoms with E-state index >= 15 is 0 Å². The molecule has 1 aromatic heterocycles. The lowest BCUT2D eigenvalue weighted by Crippen LogP contribution is -2.47. The van der Waals surface area contributed by atoms with Crippen LogP contribution in [0.15, 0.2) is 66.7 Å². The summed E-state index contributed by atoms with van der Waals surface area (Å²) < 4.78 is 2.31. The highest BCUT2D eigenvalue weighted by molar-refractivity contribution is 5.98. The normalized spacial score (nSPS) is 20.1. The molecule has 2 aliphatic heterocycles. The molecule has 1 saturated carbocycles. The Hall–Kier alpha value is -4.23. The molecule has 4 aromatic rings. The predicted octanol–water partition coefficient (Wildman–Crippen LogP) is 5.59. The molecule has 224 valence electrons. The van der Waals surface area contributed by atoms with Crippen LogP contribution in [0.25, 0.3) is 39.6 Å². The van der Waals surface area contributed by atoms with Crippen molar-refractivity contribution in [2.24, 2.45) is 11.8 Å². The van der Waals surface area contributed by atoms with Gasteiger partial charge in [-0.25, -0.2) is 4.98 Å². The van der Waals surface area contributed by atoms with Gasteiger partial charge < -0.3 is 19.3 Å². The molecule has 8 rings (SSSR count). The van der Waals surface area contributed by atoms with Crippen LogP contribution in [-0.2, 0) is 17.8 Å². The van der Waals surface area contributed by atoms with E-state index < -0.39 is 0 Å². The maximum absolute atomic E-state index is 13.5. The van der Waals surface area contributed by atoms with Crippen molar-refractivity contribution < 1.29 is 9.59 Å². The fraction of sp³-hybridized carbons (Fsp3) is 0.378. The van der Waals surface area contributed by atoms with Crippen LogP contribution in [0.1, 0.15) is 40.7 Å².